The number of phenols is 1. The normalized spacial score (nSPS) is 24.4. The maximum atomic E-state index is 12.8. The van der Waals surface area contributed by atoms with Crippen molar-refractivity contribution in [1.82, 2.24) is 9.80 Å². The SMILES string of the molecule is CC(C)=CCN1CCN(C(=O)CCc2ccc(O)cc2)[C@H]2CS(=O)(=O)C[C@H]21. The molecule has 3 rings (SSSR count). The molecule has 0 spiro atoms. The van der Waals surface area contributed by atoms with Crippen molar-refractivity contribution >= 4 is 15.7 Å². The van der Waals surface area contributed by atoms with Gasteiger partial charge in [0.25, 0.3) is 0 Å². The van der Waals surface area contributed by atoms with Gasteiger partial charge in [-0.25, -0.2) is 8.42 Å². The first-order valence-corrected chi connectivity index (χ1v) is 11.2. The molecule has 1 amide bonds. The monoisotopic (exact) mass is 392 g/mol. The summed E-state index contributed by atoms with van der Waals surface area (Å²) >= 11 is 0. The van der Waals surface area contributed by atoms with Crippen molar-refractivity contribution in [2.45, 2.75) is 38.8 Å². The minimum Gasteiger partial charge on any atom is -0.508 e. The van der Waals surface area contributed by atoms with Crippen LogP contribution in [-0.4, -0.2) is 72.5 Å². The molecule has 27 heavy (non-hydrogen) atoms. The van der Waals surface area contributed by atoms with E-state index >= 15 is 0 Å². The van der Waals surface area contributed by atoms with Crippen molar-refractivity contribution in [3.05, 3.63) is 41.5 Å². The number of rotatable bonds is 5. The number of carbonyl (C=O) groups excluding carboxylic acids is 1. The standard InChI is InChI=1S/C20H28N2O4S/c1-15(2)9-10-21-11-12-22(19-14-27(25,26)13-18(19)21)20(24)8-5-16-3-6-17(23)7-4-16/h3-4,6-7,9,18-19,23H,5,8,10-14H2,1-2H3/t18-,19+/m1/s1. The summed E-state index contributed by atoms with van der Waals surface area (Å²) in [5, 5.41) is 9.35. The zero-order valence-corrected chi connectivity index (χ0v) is 16.8. The number of aryl methyl sites for hydroxylation is 1. The molecular weight excluding hydrogens is 364 g/mol. The molecule has 148 valence electrons. The lowest BCUT2D eigenvalue weighted by molar-refractivity contribution is -0.136. The van der Waals surface area contributed by atoms with Gasteiger partial charge in [-0.3, -0.25) is 9.69 Å². The molecule has 0 radical (unpaired) electrons. The number of benzene rings is 1. The highest BCUT2D eigenvalue weighted by Crippen LogP contribution is 2.28. The minimum absolute atomic E-state index is 0.0111. The summed E-state index contributed by atoms with van der Waals surface area (Å²) in [5.74, 6) is 0.415. The maximum absolute atomic E-state index is 12.8. The Morgan fingerprint density at radius 1 is 1.15 bits per heavy atom. The number of aromatic hydroxyl groups is 1. The molecule has 0 bridgehead atoms. The largest absolute Gasteiger partial charge is 0.508 e. The van der Waals surface area contributed by atoms with Crippen molar-refractivity contribution in [2.24, 2.45) is 0 Å². The van der Waals surface area contributed by atoms with Gasteiger partial charge in [0.2, 0.25) is 5.91 Å². The molecule has 2 aliphatic rings. The number of phenolic OH excluding ortho intramolecular Hbond substituents is 1. The Morgan fingerprint density at radius 3 is 2.48 bits per heavy atom. The topological polar surface area (TPSA) is 77.9 Å². The van der Waals surface area contributed by atoms with Crippen LogP contribution in [0.2, 0.25) is 0 Å². The summed E-state index contributed by atoms with van der Waals surface area (Å²) in [6, 6.07) is 6.48. The summed E-state index contributed by atoms with van der Waals surface area (Å²) in [6.45, 7) is 6.07. The third kappa shape index (κ3) is 4.90. The molecule has 0 aliphatic carbocycles. The molecule has 2 atom stereocenters. The Bertz CT molecular complexity index is 813. The second kappa shape index (κ2) is 8.02. The van der Waals surface area contributed by atoms with Crippen LogP contribution in [0.15, 0.2) is 35.9 Å². The molecule has 2 aliphatic heterocycles. The molecule has 0 unspecified atom stereocenters. The van der Waals surface area contributed by atoms with Gasteiger partial charge < -0.3 is 10.0 Å². The lowest BCUT2D eigenvalue weighted by Gasteiger charge is -2.43. The van der Waals surface area contributed by atoms with Crippen LogP contribution in [0, 0.1) is 0 Å². The summed E-state index contributed by atoms with van der Waals surface area (Å²) in [5.41, 5.74) is 2.19. The molecule has 1 N–H and O–H groups in total. The zero-order valence-electron chi connectivity index (χ0n) is 16.0. The minimum atomic E-state index is -3.12. The smallest absolute Gasteiger partial charge is 0.223 e. The predicted molar refractivity (Wildman–Crippen MR) is 105 cm³/mol. The lowest BCUT2D eigenvalue weighted by atomic mass is 10.0. The zero-order chi connectivity index (χ0) is 19.6. The Labute approximate surface area is 161 Å². The van der Waals surface area contributed by atoms with E-state index in [1.54, 1.807) is 17.0 Å². The second-order valence-corrected chi connectivity index (χ2v) is 9.90. The van der Waals surface area contributed by atoms with E-state index in [0.717, 1.165) is 12.1 Å². The van der Waals surface area contributed by atoms with E-state index < -0.39 is 9.84 Å². The first-order chi connectivity index (χ1) is 12.7. The number of amides is 1. The van der Waals surface area contributed by atoms with Crippen molar-refractivity contribution in [3.8, 4) is 5.75 Å². The number of nitrogens with zero attached hydrogens (tertiary/aromatic N) is 2. The lowest BCUT2D eigenvalue weighted by Crippen LogP contribution is -2.60. The van der Waals surface area contributed by atoms with Crippen LogP contribution in [-0.2, 0) is 21.1 Å². The molecule has 2 fully saturated rings. The Balaban J connectivity index is 1.68. The van der Waals surface area contributed by atoms with Crippen molar-refractivity contribution in [2.75, 3.05) is 31.1 Å². The van der Waals surface area contributed by atoms with E-state index in [1.165, 1.54) is 5.57 Å². The second-order valence-electron chi connectivity index (χ2n) is 7.74. The van der Waals surface area contributed by atoms with E-state index in [-0.39, 0.29) is 35.2 Å². The van der Waals surface area contributed by atoms with Gasteiger partial charge in [-0.05, 0) is 38.0 Å². The third-order valence-corrected chi connectivity index (χ3v) is 7.11. The summed E-state index contributed by atoms with van der Waals surface area (Å²) in [6.07, 6.45) is 3.05. The van der Waals surface area contributed by atoms with Crippen molar-refractivity contribution in [3.63, 3.8) is 0 Å². The van der Waals surface area contributed by atoms with Gasteiger partial charge in [-0.15, -0.1) is 0 Å². The van der Waals surface area contributed by atoms with Crippen LogP contribution in [0.3, 0.4) is 0 Å². The van der Waals surface area contributed by atoms with Crippen molar-refractivity contribution < 1.29 is 18.3 Å². The highest BCUT2D eigenvalue weighted by molar-refractivity contribution is 7.91. The molecule has 2 saturated heterocycles. The van der Waals surface area contributed by atoms with Gasteiger partial charge in [-0.2, -0.15) is 0 Å². The Morgan fingerprint density at radius 2 is 1.81 bits per heavy atom. The fraction of sp³-hybridized carbons (Fsp3) is 0.550. The van der Waals surface area contributed by atoms with Gasteiger partial charge in [0.05, 0.1) is 17.5 Å². The van der Waals surface area contributed by atoms with Crippen LogP contribution >= 0.6 is 0 Å². The average Bonchev–Trinajstić information content (AvgIpc) is 2.93. The number of allylic oxidation sites excluding steroid dienone is 1. The number of sulfone groups is 1. The molecular formula is C20H28N2O4S. The molecule has 7 heteroatoms. The first-order valence-electron chi connectivity index (χ1n) is 9.40. The summed E-state index contributed by atoms with van der Waals surface area (Å²) in [7, 11) is -3.12. The van der Waals surface area contributed by atoms with Crippen LogP contribution in [0.1, 0.15) is 25.8 Å². The maximum Gasteiger partial charge on any atom is 0.223 e. The fourth-order valence-electron chi connectivity index (χ4n) is 3.92. The molecule has 0 saturated carbocycles. The third-order valence-electron chi connectivity index (χ3n) is 5.41. The summed E-state index contributed by atoms with van der Waals surface area (Å²) in [4.78, 5) is 16.8. The molecule has 6 nitrogen and oxygen atoms in total. The molecule has 1 aromatic carbocycles. The summed E-state index contributed by atoms with van der Waals surface area (Å²) < 4.78 is 24.5. The van der Waals surface area contributed by atoms with Crippen LogP contribution in [0.4, 0.5) is 0 Å². The quantitative estimate of drug-likeness (QED) is 0.770. The molecule has 0 aromatic heterocycles. The van der Waals surface area contributed by atoms with Gasteiger partial charge in [0, 0.05) is 32.1 Å². The average molecular weight is 393 g/mol. The number of fused-ring (bicyclic) bond motifs is 1. The number of carbonyl (C=O) groups is 1. The highest BCUT2D eigenvalue weighted by Gasteiger charge is 2.47. The van der Waals surface area contributed by atoms with Gasteiger partial charge >= 0.3 is 0 Å². The van der Waals surface area contributed by atoms with E-state index in [9.17, 15) is 18.3 Å². The Kier molecular flexibility index (Phi) is 5.91. The van der Waals surface area contributed by atoms with E-state index in [2.05, 4.69) is 11.0 Å². The van der Waals surface area contributed by atoms with Gasteiger partial charge in [0.15, 0.2) is 9.84 Å². The highest BCUT2D eigenvalue weighted by atomic mass is 32.2. The van der Waals surface area contributed by atoms with Crippen LogP contribution in [0.25, 0.3) is 0 Å². The van der Waals surface area contributed by atoms with Gasteiger partial charge in [0.1, 0.15) is 5.75 Å². The predicted octanol–water partition coefficient (Wildman–Crippen LogP) is 1.60. The number of hydrogen-bond donors (Lipinski definition) is 1. The van der Waals surface area contributed by atoms with Crippen LogP contribution in [0.5, 0.6) is 5.75 Å². The van der Waals surface area contributed by atoms with E-state index in [4.69, 9.17) is 0 Å². The molecule has 1 aromatic rings. The first kappa shape index (κ1) is 19.9. The van der Waals surface area contributed by atoms with E-state index in [0.29, 0.717) is 25.9 Å². The van der Waals surface area contributed by atoms with Crippen molar-refractivity contribution in [1.29, 1.82) is 0 Å². The van der Waals surface area contributed by atoms with Crippen LogP contribution < -0.4 is 0 Å². The fourth-order valence-corrected chi connectivity index (χ4v) is 5.93. The Hall–Kier alpha value is -1.86. The van der Waals surface area contributed by atoms with E-state index in [1.807, 2.05) is 26.0 Å². The number of piperazine rings is 1. The van der Waals surface area contributed by atoms with Gasteiger partial charge in [-0.1, -0.05) is 23.8 Å². The number of hydrogen-bond acceptors (Lipinski definition) is 5. The molecule has 2 heterocycles.